The summed E-state index contributed by atoms with van der Waals surface area (Å²) in [6.07, 6.45) is 2.30. The third-order valence-corrected chi connectivity index (χ3v) is 2.94. The molecule has 0 amide bonds. The van der Waals surface area contributed by atoms with E-state index in [1.54, 1.807) is 6.92 Å². The number of aliphatic hydroxyl groups excluding tert-OH is 1. The Morgan fingerprint density at radius 1 is 1.41 bits per heavy atom. The van der Waals surface area contributed by atoms with Gasteiger partial charge >= 0.3 is 0 Å². The van der Waals surface area contributed by atoms with Gasteiger partial charge in [0.05, 0.1) is 6.10 Å². The van der Waals surface area contributed by atoms with Crippen molar-refractivity contribution in [3.8, 4) is 0 Å². The second kappa shape index (κ2) is 5.97. The Bertz CT molecular complexity index is 330. The topological polar surface area (TPSA) is 77.1 Å². The van der Waals surface area contributed by atoms with Crippen LogP contribution in [0.1, 0.15) is 25.6 Å². The summed E-state index contributed by atoms with van der Waals surface area (Å²) in [5.41, 5.74) is 0. The van der Waals surface area contributed by atoms with Crippen molar-refractivity contribution in [3.63, 3.8) is 0 Å². The normalized spacial score (nSPS) is 19.1. The van der Waals surface area contributed by atoms with Crippen molar-refractivity contribution < 1.29 is 5.11 Å². The average Bonchev–Trinajstić information content (AvgIpc) is 2.60. The maximum atomic E-state index is 9.23. The predicted octanol–water partition coefficient (Wildman–Crippen LogP) is -0.0822. The molecular weight excluding hydrogens is 218 g/mol. The minimum absolute atomic E-state index is 0.286. The summed E-state index contributed by atoms with van der Waals surface area (Å²) < 4.78 is 0. The van der Waals surface area contributed by atoms with E-state index in [9.17, 15) is 5.11 Å². The van der Waals surface area contributed by atoms with Crippen molar-refractivity contribution in [2.24, 2.45) is 0 Å². The quantitative estimate of drug-likeness (QED) is 0.685. The number of nitrogens with one attached hydrogen (secondary N) is 2. The van der Waals surface area contributed by atoms with E-state index in [2.05, 4.69) is 25.4 Å². The molecule has 1 unspecified atom stereocenters. The van der Waals surface area contributed by atoms with Crippen molar-refractivity contribution in [3.05, 3.63) is 5.82 Å². The van der Waals surface area contributed by atoms with Crippen LogP contribution in [0.25, 0.3) is 0 Å². The summed E-state index contributed by atoms with van der Waals surface area (Å²) >= 11 is 0. The number of rotatable bonds is 4. The molecule has 0 aromatic carbocycles. The molecule has 3 N–H and O–H groups in total. The van der Waals surface area contributed by atoms with E-state index in [1.807, 2.05) is 0 Å². The SMILES string of the molecule is CC(O)CCc1nc(N2CCCNCC2)n[nH]1. The molecule has 1 aliphatic heterocycles. The van der Waals surface area contributed by atoms with Gasteiger partial charge in [-0.1, -0.05) is 0 Å². The molecule has 17 heavy (non-hydrogen) atoms. The second-order valence-electron chi connectivity index (χ2n) is 4.56. The first-order valence-electron chi connectivity index (χ1n) is 6.30. The number of hydrogen-bond acceptors (Lipinski definition) is 5. The molecule has 1 aromatic heterocycles. The zero-order valence-corrected chi connectivity index (χ0v) is 10.3. The third-order valence-electron chi connectivity index (χ3n) is 2.94. The Morgan fingerprint density at radius 2 is 2.29 bits per heavy atom. The van der Waals surface area contributed by atoms with Gasteiger partial charge in [0.15, 0.2) is 0 Å². The summed E-state index contributed by atoms with van der Waals surface area (Å²) in [4.78, 5) is 6.66. The predicted molar refractivity (Wildman–Crippen MR) is 66.1 cm³/mol. The lowest BCUT2D eigenvalue weighted by Crippen LogP contribution is -2.28. The number of aliphatic hydroxyl groups is 1. The molecule has 1 aliphatic rings. The minimum Gasteiger partial charge on any atom is -0.393 e. The number of aromatic nitrogens is 3. The molecule has 2 heterocycles. The molecule has 6 heteroatoms. The molecule has 1 fully saturated rings. The van der Waals surface area contributed by atoms with E-state index >= 15 is 0 Å². The fraction of sp³-hybridized carbons (Fsp3) is 0.818. The van der Waals surface area contributed by atoms with Crippen LogP contribution in [0.4, 0.5) is 5.95 Å². The Balaban J connectivity index is 1.92. The van der Waals surface area contributed by atoms with Gasteiger partial charge in [0.2, 0.25) is 5.95 Å². The first kappa shape index (κ1) is 12.3. The number of aryl methyl sites for hydroxylation is 1. The highest BCUT2D eigenvalue weighted by molar-refractivity contribution is 5.28. The van der Waals surface area contributed by atoms with Crippen LogP contribution in [0.3, 0.4) is 0 Å². The first-order chi connectivity index (χ1) is 8.25. The monoisotopic (exact) mass is 239 g/mol. The third kappa shape index (κ3) is 3.67. The zero-order valence-electron chi connectivity index (χ0n) is 10.3. The molecule has 0 radical (unpaired) electrons. The minimum atomic E-state index is -0.286. The molecule has 0 saturated carbocycles. The fourth-order valence-electron chi connectivity index (χ4n) is 1.93. The Morgan fingerprint density at radius 3 is 3.12 bits per heavy atom. The molecule has 2 rings (SSSR count). The standard InChI is InChI=1S/C11H21N5O/c1-9(17)3-4-10-13-11(15-14-10)16-7-2-5-12-6-8-16/h9,12,17H,2-8H2,1H3,(H,13,14,15). The number of anilines is 1. The Hall–Kier alpha value is -1.14. The molecule has 0 spiro atoms. The van der Waals surface area contributed by atoms with Gasteiger partial charge in [-0.05, 0) is 26.3 Å². The van der Waals surface area contributed by atoms with Crippen molar-refractivity contribution in [1.29, 1.82) is 0 Å². The van der Waals surface area contributed by atoms with Gasteiger partial charge in [0.1, 0.15) is 5.82 Å². The van der Waals surface area contributed by atoms with Crippen LogP contribution in [0.15, 0.2) is 0 Å². The highest BCUT2D eigenvalue weighted by atomic mass is 16.3. The molecule has 96 valence electrons. The van der Waals surface area contributed by atoms with Gasteiger partial charge in [-0.3, -0.25) is 5.10 Å². The maximum Gasteiger partial charge on any atom is 0.244 e. The van der Waals surface area contributed by atoms with Gasteiger partial charge in [-0.25, -0.2) is 0 Å². The van der Waals surface area contributed by atoms with Crippen LogP contribution in [0.2, 0.25) is 0 Å². The molecule has 1 saturated heterocycles. The van der Waals surface area contributed by atoms with Crippen molar-refractivity contribution in [2.75, 3.05) is 31.1 Å². The van der Waals surface area contributed by atoms with Crippen LogP contribution in [-0.2, 0) is 6.42 Å². The summed E-state index contributed by atoms with van der Waals surface area (Å²) in [7, 11) is 0. The van der Waals surface area contributed by atoms with Crippen LogP contribution in [0, 0.1) is 0 Å². The van der Waals surface area contributed by atoms with Crippen molar-refractivity contribution in [2.45, 2.75) is 32.3 Å². The van der Waals surface area contributed by atoms with E-state index < -0.39 is 0 Å². The Labute approximate surface area is 101 Å². The lowest BCUT2D eigenvalue weighted by molar-refractivity contribution is 0.184. The number of hydrogen-bond donors (Lipinski definition) is 3. The number of nitrogens with zero attached hydrogens (tertiary/aromatic N) is 3. The summed E-state index contributed by atoms with van der Waals surface area (Å²) in [5, 5.41) is 19.8. The van der Waals surface area contributed by atoms with Gasteiger partial charge in [0.25, 0.3) is 0 Å². The van der Waals surface area contributed by atoms with E-state index in [1.165, 1.54) is 0 Å². The van der Waals surface area contributed by atoms with Gasteiger partial charge in [-0.15, -0.1) is 5.10 Å². The molecule has 0 aliphatic carbocycles. The molecular formula is C11H21N5O. The second-order valence-corrected chi connectivity index (χ2v) is 4.56. The first-order valence-corrected chi connectivity index (χ1v) is 6.30. The Kier molecular flexibility index (Phi) is 4.33. The number of H-pyrrole nitrogens is 1. The van der Waals surface area contributed by atoms with Crippen LogP contribution in [-0.4, -0.2) is 52.6 Å². The van der Waals surface area contributed by atoms with Crippen LogP contribution < -0.4 is 10.2 Å². The van der Waals surface area contributed by atoms with Crippen molar-refractivity contribution >= 4 is 5.95 Å². The van der Waals surface area contributed by atoms with Crippen LogP contribution >= 0.6 is 0 Å². The average molecular weight is 239 g/mol. The van der Waals surface area contributed by atoms with Crippen LogP contribution in [0.5, 0.6) is 0 Å². The summed E-state index contributed by atoms with van der Waals surface area (Å²) in [6.45, 7) is 5.79. The molecule has 1 atom stereocenters. The maximum absolute atomic E-state index is 9.23. The van der Waals surface area contributed by atoms with Crippen molar-refractivity contribution in [1.82, 2.24) is 20.5 Å². The van der Waals surface area contributed by atoms with Gasteiger partial charge in [0, 0.05) is 26.1 Å². The lowest BCUT2D eigenvalue weighted by Gasteiger charge is -2.16. The summed E-state index contributed by atoms with van der Waals surface area (Å²) in [5.74, 6) is 1.65. The van der Waals surface area contributed by atoms with E-state index in [-0.39, 0.29) is 6.10 Å². The largest absolute Gasteiger partial charge is 0.393 e. The summed E-state index contributed by atoms with van der Waals surface area (Å²) in [6, 6.07) is 0. The zero-order chi connectivity index (χ0) is 12.1. The molecule has 0 bridgehead atoms. The van der Waals surface area contributed by atoms with Gasteiger partial charge < -0.3 is 15.3 Å². The number of aromatic amines is 1. The van der Waals surface area contributed by atoms with E-state index in [0.29, 0.717) is 0 Å². The molecule has 1 aromatic rings. The van der Waals surface area contributed by atoms with E-state index in [0.717, 1.165) is 57.2 Å². The fourth-order valence-corrected chi connectivity index (χ4v) is 1.93. The highest BCUT2D eigenvalue weighted by Crippen LogP contribution is 2.10. The van der Waals surface area contributed by atoms with Gasteiger partial charge in [-0.2, -0.15) is 4.98 Å². The highest BCUT2D eigenvalue weighted by Gasteiger charge is 2.14. The lowest BCUT2D eigenvalue weighted by atomic mass is 10.2. The molecule has 6 nitrogen and oxygen atoms in total. The smallest absolute Gasteiger partial charge is 0.244 e. The van der Waals surface area contributed by atoms with E-state index in [4.69, 9.17) is 0 Å².